The minimum absolute atomic E-state index is 0.376. The summed E-state index contributed by atoms with van der Waals surface area (Å²) in [5, 5.41) is 2.68. The first-order valence-corrected chi connectivity index (χ1v) is 7.84. The molecular weight excluding hydrogens is 358 g/mol. The zero-order valence-electron chi connectivity index (χ0n) is 12.5. The summed E-state index contributed by atoms with van der Waals surface area (Å²) >= 11 is 3.39. The molecule has 0 radical (unpaired) electrons. The number of carbonyl (C=O) groups excluding carboxylic acids is 2. The Balaban J connectivity index is 1.89. The van der Waals surface area contributed by atoms with Crippen LogP contribution in [0.3, 0.4) is 0 Å². The molecule has 0 unspecified atom stereocenters. The van der Waals surface area contributed by atoms with Crippen molar-refractivity contribution in [2.24, 2.45) is 0 Å². The van der Waals surface area contributed by atoms with Gasteiger partial charge in [-0.15, -0.1) is 0 Å². The molecule has 0 aliphatic rings. The highest BCUT2D eigenvalue weighted by Crippen LogP contribution is 2.17. The molecule has 2 aromatic carbocycles. The van der Waals surface area contributed by atoms with Gasteiger partial charge in [-0.2, -0.15) is 0 Å². The number of para-hydroxylation sites is 1. The maximum atomic E-state index is 12.0. The van der Waals surface area contributed by atoms with Crippen molar-refractivity contribution in [2.45, 2.75) is 13.0 Å². The first-order valence-electron chi connectivity index (χ1n) is 7.05. The van der Waals surface area contributed by atoms with Crippen LogP contribution in [-0.2, 0) is 14.3 Å². The van der Waals surface area contributed by atoms with Crippen molar-refractivity contribution in [3.8, 4) is 0 Å². The van der Waals surface area contributed by atoms with E-state index in [-0.39, 0.29) is 5.91 Å². The Morgan fingerprint density at radius 1 is 1.09 bits per heavy atom. The largest absolute Gasteiger partial charge is 0.449 e. The number of esters is 1. The summed E-state index contributed by atoms with van der Waals surface area (Å²) < 4.78 is 5.97. The van der Waals surface area contributed by atoms with Crippen molar-refractivity contribution in [1.82, 2.24) is 0 Å². The third-order valence-corrected chi connectivity index (χ3v) is 3.73. The molecule has 0 bridgehead atoms. The summed E-state index contributed by atoms with van der Waals surface area (Å²) in [6, 6.07) is 16.5. The van der Waals surface area contributed by atoms with Crippen LogP contribution >= 0.6 is 15.9 Å². The summed E-state index contributed by atoms with van der Waals surface area (Å²) in [6.45, 7) is 1.53. The number of nitrogens with one attached hydrogen (secondary N) is 1. The Labute approximate surface area is 143 Å². The number of ether oxygens (including phenoxy) is 1. The Morgan fingerprint density at radius 3 is 2.43 bits per heavy atom. The smallest absolute Gasteiger partial charge is 0.331 e. The average Bonchev–Trinajstić information content (AvgIpc) is 2.55. The fourth-order valence-electron chi connectivity index (χ4n) is 1.80. The van der Waals surface area contributed by atoms with Gasteiger partial charge in [0.1, 0.15) is 0 Å². The van der Waals surface area contributed by atoms with Crippen LogP contribution in [0.1, 0.15) is 12.5 Å². The molecular formula is C18H16BrNO3. The molecule has 0 spiro atoms. The number of benzene rings is 2. The lowest BCUT2D eigenvalue weighted by Gasteiger charge is -2.12. The number of carbonyl (C=O) groups is 2. The lowest BCUT2D eigenvalue weighted by atomic mass is 10.2. The second-order valence-electron chi connectivity index (χ2n) is 4.79. The average molecular weight is 374 g/mol. The molecule has 0 saturated heterocycles. The first-order chi connectivity index (χ1) is 11.1. The van der Waals surface area contributed by atoms with Gasteiger partial charge < -0.3 is 10.1 Å². The molecule has 0 aromatic heterocycles. The zero-order valence-corrected chi connectivity index (χ0v) is 14.1. The summed E-state index contributed by atoms with van der Waals surface area (Å²) in [5.74, 6) is -0.949. The quantitative estimate of drug-likeness (QED) is 0.635. The van der Waals surface area contributed by atoms with Crippen molar-refractivity contribution in [3.05, 3.63) is 70.7 Å². The molecule has 0 heterocycles. The van der Waals surface area contributed by atoms with Gasteiger partial charge in [-0.1, -0.05) is 52.3 Å². The SMILES string of the molecule is C[C@H](OC(=O)/C=C/c1ccccc1Br)C(=O)Nc1ccccc1. The molecule has 4 nitrogen and oxygen atoms in total. The van der Waals surface area contributed by atoms with Crippen molar-refractivity contribution >= 4 is 39.6 Å². The summed E-state index contributed by atoms with van der Waals surface area (Å²) in [6.07, 6.45) is 2.05. The fourth-order valence-corrected chi connectivity index (χ4v) is 2.22. The lowest BCUT2D eigenvalue weighted by molar-refractivity contribution is -0.148. The molecule has 5 heteroatoms. The van der Waals surface area contributed by atoms with E-state index in [1.807, 2.05) is 42.5 Å². The lowest BCUT2D eigenvalue weighted by Crippen LogP contribution is -2.29. The normalized spacial score (nSPS) is 11.9. The molecule has 2 rings (SSSR count). The Kier molecular flexibility index (Phi) is 6.11. The summed E-state index contributed by atoms with van der Waals surface area (Å²) in [4.78, 5) is 23.7. The van der Waals surface area contributed by atoms with E-state index in [1.165, 1.54) is 13.0 Å². The van der Waals surface area contributed by atoms with Crippen LogP contribution in [0.5, 0.6) is 0 Å². The van der Waals surface area contributed by atoms with Gasteiger partial charge in [-0.05, 0) is 36.8 Å². The Morgan fingerprint density at radius 2 is 1.74 bits per heavy atom. The van der Waals surface area contributed by atoms with Gasteiger partial charge >= 0.3 is 5.97 Å². The van der Waals surface area contributed by atoms with Crippen molar-refractivity contribution in [1.29, 1.82) is 0 Å². The van der Waals surface area contributed by atoms with Gasteiger partial charge in [0, 0.05) is 16.2 Å². The second kappa shape index (κ2) is 8.29. The van der Waals surface area contributed by atoms with Gasteiger partial charge in [-0.3, -0.25) is 4.79 Å². The topological polar surface area (TPSA) is 55.4 Å². The van der Waals surface area contributed by atoms with E-state index in [4.69, 9.17) is 4.74 Å². The van der Waals surface area contributed by atoms with E-state index in [1.54, 1.807) is 18.2 Å². The minimum atomic E-state index is -0.883. The maximum Gasteiger partial charge on any atom is 0.331 e. The molecule has 0 saturated carbocycles. The number of hydrogen-bond acceptors (Lipinski definition) is 3. The molecule has 1 N–H and O–H groups in total. The van der Waals surface area contributed by atoms with Gasteiger partial charge in [0.2, 0.25) is 0 Å². The van der Waals surface area contributed by atoms with Crippen LogP contribution in [0.15, 0.2) is 65.1 Å². The van der Waals surface area contributed by atoms with Crippen LogP contribution < -0.4 is 5.32 Å². The van der Waals surface area contributed by atoms with Crippen LogP contribution in [0, 0.1) is 0 Å². The van der Waals surface area contributed by atoms with Crippen molar-refractivity contribution < 1.29 is 14.3 Å². The van der Waals surface area contributed by atoms with Crippen LogP contribution in [0.25, 0.3) is 6.08 Å². The zero-order chi connectivity index (χ0) is 16.7. The summed E-state index contributed by atoms with van der Waals surface area (Å²) in [7, 11) is 0. The number of anilines is 1. The van der Waals surface area contributed by atoms with E-state index in [2.05, 4.69) is 21.2 Å². The molecule has 0 aliphatic carbocycles. The molecule has 118 valence electrons. The predicted molar refractivity (Wildman–Crippen MR) is 93.8 cm³/mol. The van der Waals surface area contributed by atoms with Crippen LogP contribution in [0.2, 0.25) is 0 Å². The number of hydrogen-bond donors (Lipinski definition) is 1. The summed E-state index contributed by atoms with van der Waals surface area (Å²) in [5.41, 5.74) is 1.51. The number of rotatable bonds is 5. The monoisotopic (exact) mass is 373 g/mol. The van der Waals surface area contributed by atoms with Gasteiger partial charge in [0.25, 0.3) is 5.91 Å². The standard InChI is InChI=1S/C18H16BrNO3/c1-13(18(22)20-15-8-3-2-4-9-15)23-17(21)12-11-14-7-5-6-10-16(14)19/h2-13H,1H3,(H,20,22)/b12-11+/t13-/m0/s1. The predicted octanol–water partition coefficient (Wildman–Crippen LogP) is 4.03. The van der Waals surface area contributed by atoms with E-state index in [0.29, 0.717) is 5.69 Å². The van der Waals surface area contributed by atoms with Crippen LogP contribution in [-0.4, -0.2) is 18.0 Å². The first kappa shape index (κ1) is 17.0. The Hall–Kier alpha value is -2.40. The second-order valence-corrected chi connectivity index (χ2v) is 5.64. The van der Waals surface area contributed by atoms with E-state index < -0.39 is 12.1 Å². The highest BCUT2D eigenvalue weighted by molar-refractivity contribution is 9.10. The minimum Gasteiger partial charge on any atom is -0.449 e. The van der Waals surface area contributed by atoms with Crippen LogP contribution in [0.4, 0.5) is 5.69 Å². The fraction of sp³-hybridized carbons (Fsp3) is 0.111. The Bertz CT molecular complexity index is 713. The maximum absolute atomic E-state index is 12.0. The van der Waals surface area contributed by atoms with Gasteiger partial charge in [0.15, 0.2) is 6.10 Å². The van der Waals surface area contributed by atoms with Gasteiger partial charge in [0.05, 0.1) is 0 Å². The van der Waals surface area contributed by atoms with Crippen molar-refractivity contribution in [3.63, 3.8) is 0 Å². The molecule has 23 heavy (non-hydrogen) atoms. The van der Waals surface area contributed by atoms with E-state index in [0.717, 1.165) is 10.0 Å². The third-order valence-electron chi connectivity index (χ3n) is 3.01. The highest BCUT2D eigenvalue weighted by Gasteiger charge is 2.16. The number of amides is 1. The van der Waals surface area contributed by atoms with Gasteiger partial charge in [-0.25, -0.2) is 4.79 Å². The third kappa shape index (κ3) is 5.38. The molecule has 1 amide bonds. The van der Waals surface area contributed by atoms with Crippen molar-refractivity contribution in [2.75, 3.05) is 5.32 Å². The molecule has 0 fully saturated rings. The molecule has 0 aliphatic heterocycles. The molecule has 1 atom stereocenters. The highest BCUT2D eigenvalue weighted by atomic mass is 79.9. The molecule has 2 aromatic rings. The number of halogens is 1. The van der Waals surface area contributed by atoms with E-state index in [9.17, 15) is 9.59 Å². The van der Waals surface area contributed by atoms with E-state index >= 15 is 0 Å².